The van der Waals surface area contributed by atoms with E-state index in [0.717, 1.165) is 18.4 Å². The van der Waals surface area contributed by atoms with Gasteiger partial charge in [0.25, 0.3) is 0 Å². The molecule has 0 radical (unpaired) electrons. The molecule has 2 aliphatic rings. The zero-order chi connectivity index (χ0) is 23.4. The summed E-state index contributed by atoms with van der Waals surface area (Å²) in [6, 6.07) is 11.3. The van der Waals surface area contributed by atoms with Crippen molar-refractivity contribution in [3.63, 3.8) is 0 Å². The summed E-state index contributed by atoms with van der Waals surface area (Å²) in [5.41, 5.74) is 1.98. The average Bonchev–Trinajstić information content (AvgIpc) is 3.51. The first kappa shape index (κ1) is 23.2. The van der Waals surface area contributed by atoms with Gasteiger partial charge in [0.2, 0.25) is 5.91 Å². The van der Waals surface area contributed by atoms with E-state index in [9.17, 15) is 9.59 Å². The molecule has 2 fully saturated rings. The van der Waals surface area contributed by atoms with Crippen molar-refractivity contribution in [2.75, 3.05) is 19.0 Å². The number of carbonyl (C=O) groups excluding carboxylic acids is 2. The predicted molar refractivity (Wildman–Crippen MR) is 127 cm³/mol. The number of rotatable bonds is 7. The fourth-order valence-corrected chi connectivity index (χ4v) is 3.79. The van der Waals surface area contributed by atoms with E-state index < -0.39 is 12.1 Å². The first-order chi connectivity index (χ1) is 15.9. The molecule has 1 unspecified atom stereocenters. The fraction of sp³-hybridized carbons (Fsp3) is 0.348. The van der Waals surface area contributed by atoms with E-state index in [4.69, 9.17) is 32.8 Å². The van der Waals surface area contributed by atoms with Crippen LogP contribution >= 0.6 is 23.2 Å². The third-order valence-corrected chi connectivity index (χ3v) is 6.11. The van der Waals surface area contributed by atoms with E-state index in [1.165, 1.54) is 4.90 Å². The Hall–Kier alpha value is -2.97. The number of methoxy groups -OCH3 is 1. The highest BCUT2D eigenvalue weighted by Crippen LogP contribution is 2.25. The van der Waals surface area contributed by atoms with E-state index in [-0.39, 0.29) is 25.1 Å². The van der Waals surface area contributed by atoms with Crippen LogP contribution in [0.25, 0.3) is 0 Å². The van der Waals surface area contributed by atoms with Gasteiger partial charge in [-0.3, -0.25) is 4.79 Å². The number of oxime groups is 1. The molecule has 3 amide bonds. The molecule has 2 aromatic carbocycles. The van der Waals surface area contributed by atoms with Crippen LogP contribution in [-0.4, -0.2) is 48.3 Å². The van der Waals surface area contributed by atoms with Crippen LogP contribution in [0.3, 0.4) is 0 Å². The van der Waals surface area contributed by atoms with Crippen LogP contribution in [0.4, 0.5) is 10.5 Å². The highest BCUT2D eigenvalue weighted by molar-refractivity contribution is 6.42. The summed E-state index contributed by atoms with van der Waals surface area (Å²) in [7, 11) is 1.56. The van der Waals surface area contributed by atoms with Gasteiger partial charge in [-0.2, -0.15) is 0 Å². The summed E-state index contributed by atoms with van der Waals surface area (Å²) in [6.45, 7) is 0.370. The summed E-state index contributed by atoms with van der Waals surface area (Å²) in [4.78, 5) is 32.8. The largest absolute Gasteiger partial charge is 0.497 e. The van der Waals surface area contributed by atoms with Crippen molar-refractivity contribution >= 4 is 46.5 Å². The van der Waals surface area contributed by atoms with E-state index >= 15 is 0 Å². The number of nitrogens with one attached hydrogen (secondary N) is 2. The molecule has 10 heteroatoms. The number of urea groups is 1. The second-order valence-electron chi connectivity index (χ2n) is 7.97. The molecule has 174 valence electrons. The lowest BCUT2D eigenvalue weighted by Crippen LogP contribution is -2.48. The van der Waals surface area contributed by atoms with Gasteiger partial charge in [-0.15, -0.1) is 0 Å². The fourth-order valence-electron chi connectivity index (χ4n) is 3.47. The Bertz CT molecular complexity index is 1070. The van der Waals surface area contributed by atoms with Gasteiger partial charge >= 0.3 is 6.03 Å². The summed E-state index contributed by atoms with van der Waals surface area (Å²) in [5.74, 6) is 0.433. The molecule has 1 atom stereocenters. The van der Waals surface area contributed by atoms with Crippen molar-refractivity contribution in [2.45, 2.75) is 38.0 Å². The standard InChI is InChI=1S/C23H24Cl2N4O4/c1-32-18-4-2-3-16(10-18)27-23(31)29-12-17(11-21(29)22(30)26-15-6-7-15)28-33-13-14-5-8-19(24)20(25)9-14/h2-5,8-10,15,21H,6-7,11-13H2,1H3,(H,26,30)(H,27,31)/b28-17-. The van der Waals surface area contributed by atoms with Crippen molar-refractivity contribution in [1.29, 1.82) is 0 Å². The Morgan fingerprint density at radius 1 is 1.15 bits per heavy atom. The maximum atomic E-state index is 13.0. The maximum Gasteiger partial charge on any atom is 0.322 e. The quantitative estimate of drug-likeness (QED) is 0.560. The Kier molecular flexibility index (Phi) is 7.25. The predicted octanol–water partition coefficient (Wildman–Crippen LogP) is 4.46. The number of hydrogen-bond acceptors (Lipinski definition) is 5. The third kappa shape index (κ3) is 6.09. The topological polar surface area (TPSA) is 92.3 Å². The number of amides is 3. The minimum atomic E-state index is -0.663. The number of likely N-dealkylation sites (tertiary alicyclic amines) is 1. The number of anilines is 1. The molecule has 0 bridgehead atoms. The van der Waals surface area contributed by atoms with Crippen molar-refractivity contribution in [2.24, 2.45) is 5.16 Å². The summed E-state index contributed by atoms with van der Waals surface area (Å²) in [6.07, 6.45) is 2.22. The second-order valence-corrected chi connectivity index (χ2v) is 8.79. The first-order valence-corrected chi connectivity index (χ1v) is 11.3. The van der Waals surface area contributed by atoms with Crippen LogP contribution in [0.1, 0.15) is 24.8 Å². The van der Waals surface area contributed by atoms with Crippen LogP contribution in [0.5, 0.6) is 5.75 Å². The Balaban J connectivity index is 1.43. The normalized spacial score (nSPS) is 18.8. The highest BCUT2D eigenvalue weighted by Gasteiger charge is 2.40. The van der Waals surface area contributed by atoms with Crippen molar-refractivity contribution in [1.82, 2.24) is 10.2 Å². The number of hydrogen-bond donors (Lipinski definition) is 2. The third-order valence-electron chi connectivity index (χ3n) is 5.38. The molecule has 8 nitrogen and oxygen atoms in total. The highest BCUT2D eigenvalue weighted by atomic mass is 35.5. The van der Waals surface area contributed by atoms with Gasteiger partial charge in [0.05, 0.1) is 29.4 Å². The van der Waals surface area contributed by atoms with Gasteiger partial charge in [0.15, 0.2) is 0 Å². The van der Waals surface area contributed by atoms with Crippen LogP contribution in [0.15, 0.2) is 47.6 Å². The number of benzene rings is 2. The molecule has 2 N–H and O–H groups in total. The minimum Gasteiger partial charge on any atom is -0.497 e. The molecule has 0 spiro atoms. The molecule has 4 rings (SSSR count). The zero-order valence-corrected chi connectivity index (χ0v) is 19.5. The monoisotopic (exact) mass is 490 g/mol. The van der Waals surface area contributed by atoms with E-state index in [1.54, 1.807) is 49.6 Å². The van der Waals surface area contributed by atoms with Crippen LogP contribution in [0, 0.1) is 0 Å². The molecule has 1 heterocycles. The zero-order valence-electron chi connectivity index (χ0n) is 18.0. The lowest BCUT2D eigenvalue weighted by atomic mass is 10.2. The molecule has 2 aromatic rings. The number of ether oxygens (including phenoxy) is 1. The van der Waals surface area contributed by atoms with E-state index in [0.29, 0.717) is 33.6 Å². The first-order valence-electron chi connectivity index (χ1n) is 10.6. The van der Waals surface area contributed by atoms with Gasteiger partial charge in [-0.25, -0.2) is 4.79 Å². The molecule has 1 aliphatic heterocycles. The Morgan fingerprint density at radius 3 is 2.70 bits per heavy atom. The molecular formula is C23H24Cl2N4O4. The van der Waals surface area contributed by atoms with Crippen LogP contribution in [-0.2, 0) is 16.2 Å². The molecule has 33 heavy (non-hydrogen) atoms. The second kappa shape index (κ2) is 10.3. The molecule has 1 saturated carbocycles. The molecular weight excluding hydrogens is 467 g/mol. The van der Waals surface area contributed by atoms with Crippen LogP contribution in [0.2, 0.25) is 10.0 Å². The van der Waals surface area contributed by atoms with Crippen LogP contribution < -0.4 is 15.4 Å². The maximum absolute atomic E-state index is 13.0. The minimum absolute atomic E-state index is 0.180. The lowest BCUT2D eigenvalue weighted by Gasteiger charge is -2.23. The summed E-state index contributed by atoms with van der Waals surface area (Å²) in [5, 5.41) is 10.9. The van der Waals surface area contributed by atoms with Gasteiger partial charge in [0.1, 0.15) is 18.4 Å². The molecule has 1 aliphatic carbocycles. The number of nitrogens with zero attached hydrogens (tertiary/aromatic N) is 2. The van der Waals surface area contributed by atoms with E-state index in [1.807, 2.05) is 0 Å². The van der Waals surface area contributed by atoms with Gasteiger partial charge in [-0.05, 0) is 42.7 Å². The van der Waals surface area contributed by atoms with Gasteiger partial charge in [-0.1, -0.05) is 40.5 Å². The van der Waals surface area contributed by atoms with Gasteiger partial charge < -0.3 is 25.1 Å². The number of halogens is 2. The summed E-state index contributed by atoms with van der Waals surface area (Å²) < 4.78 is 5.20. The van der Waals surface area contributed by atoms with Gasteiger partial charge in [0, 0.05) is 24.2 Å². The summed E-state index contributed by atoms with van der Waals surface area (Å²) >= 11 is 12.0. The van der Waals surface area contributed by atoms with E-state index in [2.05, 4.69) is 15.8 Å². The van der Waals surface area contributed by atoms with Crippen molar-refractivity contribution < 1.29 is 19.2 Å². The Morgan fingerprint density at radius 2 is 1.97 bits per heavy atom. The Labute approximate surface area is 201 Å². The number of carbonyl (C=O) groups is 2. The lowest BCUT2D eigenvalue weighted by molar-refractivity contribution is -0.124. The van der Waals surface area contributed by atoms with Crippen molar-refractivity contribution in [3.8, 4) is 5.75 Å². The average molecular weight is 491 g/mol. The molecule has 0 aromatic heterocycles. The SMILES string of the molecule is COc1cccc(NC(=O)N2C/C(=N\OCc3ccc(Cl)c(Cl)c3)CC2C(=O)NC2CC2)c1. The molecule has 1 saturated heterocycles. The van der Waals surface area contributed by atoms with Crippen molar-refractivity contribution in [3.05, 3.63) is 58.1 Å². The smallest absolute Gasteiger partial charge is 0.322 e.